The minimum atomic E-state index is 0.508. The van der Waals surface area contributed by atoms with Gasteiger partial charge in [0.15, 0.2) is 0 Å². The minimum absolute atomic E-state index is 0.508. The van der Waals surface area contributed by atoms with Crippen LogP contribution in [0.4, 0.5) is 0 Å². The van der Waals surface area contributed by atoms with Gasteiger partial charge in [0.1, 0.15) is 0 Å². The summed E-state index contributed by atoms with van der Waals surface area (Å²) in [6, 6.07) is 16.0. The summed E-state index contributed by atoms with van der Waals surface area (Å²) in [7, 11) is 0. The number of hydrogen-bond acceptors (Lipinski definition) is 2. The second-order valence-electron chi connectivity index (χ2n) is 9.06. The molecule has 3 aromatic rings. The molecule has 1 fully saturated rings. The second kappa shape index (κ2) is 8.73. The highest BCUT2D eigenvalue weighted by Crippen LogP contribution is 2.36. The number of rotatable bonds is 5. The molecule has 1 aliphatic rings. The van der Waals surface area contributed by atoms with Crippen LogP contribution in [0.5, 0.6) is 0 Å². The van der Waals surface area contributed by atoms with E-state index < -0.39 is 0 Å². The third kappa shape index (κ3) is 4.06. The predicted octanol–water partition coefficient (Wildman–Crippen LogP) is 6.72. The quantitative estimate of drug-likeness (QED) is 0.516. The van der Waals surface area contributed by atoms with Gasteiger partial charge in [0.2, 0.25) is 0 Å². The molecule has 2 unspecified atom stereocenters. The Morgan fingerprint density at radius 1 is 0.867 bits per heavy atom. The van der Waals surface area contributed by atoms with E-state index in [9.17, 15) is 0 Å². The van der Waals surface area contributed by atoms with Gasteiger partial charge in [0.05, 0.1) is 0 Å². The van der Waals surface area contributed by atoms with Crippen molar-refractivity contribution >= 4 is 0 Å². The van der Waals surface area contributed by atoms with Gasteiger partial charge in [-0.05, 0) is 92.0 Å². The summed E-state index contributed by atoms with van der Waals surface area (Å²) in [5, 5.41) is 3.88. The van der Waals surface area contributed by atoms with Crippen LogP contribution >= 0.6 is 0 Å². The maximum Gasteiger partial charge on any atom is 0.0482 e. The number of nitrogens with zero attached hydrogens (tertiary/aromatic N) is 1. The van der Waals surface area contributed by atoms with E-state index in [1.165, 1.54) is 69.5 Å². The first kappa shape index (κ1) is 20.8. The normalized spacial score (nSPS) is 18.7. The van der Waals surface area contributed by atoms with Crippen molar-refractivity contribution in [3.63, 3.8) is 0 Å². The molecule has 0 amide bonds. The first-order chi connectivity index (χ1) is 14.5. The van der Waals surface area contributed by atoms with Crippen LogP contribution in [0.3, 0.4) is 0 Å². The lowest BCUT2D eigenvalue weighted by Gasteiger charge is -2.24. The van der Waals surface area contributed by atoms with Gasteiger partial charge in [-0.25, -0.2) is 0 Å². The SMILES string of the molecule is Cc1cc(-c2ccccc2C)ccc1CNC1CCCC1c1ncc(C)c(C)c1C. The van der Waals surface area contributed by atoms with Crippen LogP contribution in [0, 0.1) is 34.6 Å². The first-order valence-electron chi connectivity index (χ1n) is 11.3. The second-order valence-corrected chi connectivity index (χ2v) is 9.06. The number of hydrogen-bond donors (Lipinski definition) is 1. The molecule has 0 aliphatic heterocycles. The van der Waals surface area contributed by atoms with Crippen LogP contribution in [0.2, 0.25) is 0 Å². The highest BCUT2D eigenvalue weighted by Gasteiger charge is 2.30. The average molecular weight is 399 g/mol. The van der Waals surface area contributed by atoms with Crippen LogP contribution in [-0.2, 0) is 6.54 Å². The lowest BCUT2D eigenvalue weighted by atomic mass is 9.92. The fourth-order valence-corrected chi connectivity index (χ4v) is 4.95. The molecule has 30 heavy (non-hydrogen) atoms. The number of aromatic nitrogens is 1. The van der Waals surface area contributed by atoms with Crippen molar-refractivity contribution in [1.29, 1.82) is 0 Å². The molecule has 2 aromatic carbocycles. The van der Waals surface area contributed by atoms with Gasteiger partial charge in [-0.3, -0.25) is 4.98 Å². The van der Waals surface area contributed by atoms with Crippen molar-refractivity contribution in [1.82, 2.24) is 10.3 Å². The maximum atomic E-state index is 4.86. The van der Waals surface area contributed by atoms with Gasteiger partial charge in [0.25, 0.3) is 0 Å². The Bertz CT molecular complexity index is 1050. The first-order valence-corrected chi connectivity index (χ1v) is 11.3. The Morgan fingerprint density at radius 3 is 2.43 bits per heavy atom. The van der Waals surface area contributed by atoms with Gasteiger partial charge in [-0.1, -0.05) is 48.9 Å². The molecular formula is C28H34N2. The summed E-state index contributed by atoms with van der Waals surface area (Å²) in [4.78, 5) is 4.86. The summed E-state index contributed by atoms with van der Waals surface area (Å²) >= 11 is 0. The molecule has 1 aromatic heterocycles. The molecule has 0 saturated heterocycles. The van der Waals surface area contributed by atoms with Gasteiger partial charge < -0.3 is 5.32 Å². The van der Waals surface area contributed by atoms with Crippen molar-refractivity contribution in [3.8, 4) is 11.1 Å². The molecule has 1 heterocycles. The average Bonchev–Trinajstić information content (AvgIpc) is 3.20. The van der Waals surface area contributed by atoms with Crippen LogP contribution in [0.1, 0.15) is 64.3 Å². The highest BCUT2D eigenvalue weighted by atomic mass is 14.9. The summed E-state index contributed by atoms with van der Waals surface area (Å²) in [6.07, 6.45) is 5.81. The van der Waals surface area contributed by atoms with E-state index in [1.54, 1.807) is 0 Å². The molecule has 2 nitrogen and oxygen atoms in total. The molecule has 4 rings (SSSR count). The van der Waals surface area contributed by atoms with Gasteiger partial charge in [-0.15, -0.1) is 0 Å². The molecule has 2 heteroatoms. The van der Waals surface area contributed by atoms with Crippen molar-refractivity contribution in [2.45, 2.75) is 72.4 Å². The van der Waals surface area contributed by atoms with Crippen LogP contribution < -0.4 is 5.32 Å². The number of aryl methyl sites for hydroxylation is 3. The Balaban J connectivity index is 1.49. The fourth-order valence-electron chi connectivity index (χ4n) is 4.95. The Hall–Kier alpha value is -2.45. The molecule has 0 spiro atoms. The largest absolute Gasteiger partial charge is 0.309 e. The summed E-state index contributed by atoms with van der Waals surface area (Å²) in [5.41, 5.74) is 12.1. The zero-order valence-electron chi connectivity index (χ0n) is 19.0. The Kier molecular flexibility index (Phi) is 6.06. The zero-order chi connectivity index (χ0) is 21.3. The van der Waals surface area contributed by atoms with Gasteiger partial charge in [-0.2, -0.15) is 0 Å². The third-order valence-electron chi connectivity index (χ3n) is 7.16. The monoisotopic (exact) mass is 398 g/mol. The topological polar surface area (TPSA) is 24.9 Å². The van der Waals surface area contributed by atoms with E-state index in [1.807, 2.05) is 0 Å². The van der Waals surface area contributed by atoms with Crippen LogP contribution in [-0.4, -0.2) is 11.0 Å². The van der Waals surface area contributed by atoms with E-state index in [0.29, 0.717) is 12.0 Å². The molecule has 1 saturated carbocycles. The summed E-state index contributed by atoms with van der Waals surface area (Å²) in [6.45, 7) is 12.0. The third-order valence-corrected chi connectivity index (χ3v) is 7.16. The van der Waals surface area contributed by atoms with Crippen molar-refractivity contribution in [3.05, 3.63) is 87.7 Å². The molecule has 0 bridgehead atoms. The standard InChI is InChI=1S/C28H34N2/c1-18-9-6-7-10-25(18)23-13-14-24(19(2)15-23)17-29-27-12-8-11-26(27)28-22(5)21(4)20(3)16-30-28/h6-7,9-10,13-16,26-27,29H,8,11-12,17H2,1-5H3. The van der Waals surface area contributed by atoms with E-state index in [0.717, 1.165) is 6.54 Å². The Morgan fingerprint density at radius 2 is 1.67 bits per heavy atom. The molecular weight excluding hydrogens is 364 g/mol. The number of benzene rings is 2. The number of nitrogens with one attached hydrogen (secondary N) is 1. The van der Waals surface area contributed by atoms with E-state index in [2.05, 4.69) is 88.6 Å². The molecule has 156 valence electrons. The lowest BCUT2D eigenvalue weighted by molar-refractivity contribution is 0.469. The van der Waals surface area contributed by atoms with Gasteiger partial charge >= 0.3 is 0 Å². The summed E-state index contributed by atoms with van der Waals surface area (Å²) in [5.74, 6) is 0.524. The lowest BCUT2D eigenvalue weighted by Crippen LogP contribution is -2.31. The van der Waals surface area contributed by atoms with Crippen molar-refractivity contribution < 1.29 is 0 Å². The van der Waals surface area contributed by atoms with Gasteiger partial charge in [0, 0.05) is 30.4 Å². The molecule has 2 atom stereocenters. The molecule has 0 radical (unpaired) electrons. The minimum Gasteiger partial charge on any atom is -0.309 e. The predicted molar refractivity (Wildman–Crippen MR) is 127 cm³/mol. The van der Waals surface area contributed by atoms with Crippen molar-refractivity contribution in [2.75, 3.05) is 0 Å². The Labute approximate surface area is 181 Å². The van der Waals surface area contributed by atoms with Crippen LogP contribution in [0.25, 0.3) is 11.1 Å². The molecule has 1 N–H and O–H groups in total. The zero-order valence-corrected chi connectivity index (χ0v) is 19.0. The highest BCUT2D eigenvalue weighted by molar-refractivity contribution is 5.68. The number of pyridine rings is 1. The van der Waals surface area contributed by atoms with E-state index in [-0.39, 0.29) is 0 Å². The van der Waals surface area contributed by atoms with E-state index >= 15 is 0 Å². The fraction of sp³-hybridized carbons (Fsp3) is 0.393. The van der Waals surface area contributed by atoms with Crippen molar-refractivity contribution in [2.24, 2.45) is 0 Å². The van der Waals surface area contributed by atoms with E-state index in [4.69, 9.17) is 4.98 Å². The molecule has 1 aliphatic carbocycles. The van der Waals surface area contributed by atoms with Crippen LogP contribution in [0.15, 0.2) is 48.7 Å². The maximum absolute atomic E-state index is 4.86. The summed E-state index contributed by atoms with van der Waals surface area (Å²) < 4.78 is 0. The smallest absolute Gasteiger partial charge is 0.0482 e.